The molecule has 3 nitrogen and oxygen atoms in total. The summed E-state index contributed by atoms with van der Waals surface area (Å²) in [6.45, 7) is 4.26. The minimum Gasteiger partial charge on any atom is -0.319 e. The van der Waals surface area contributed by atoms with Gasteiger partial charge in [0.1, 0.15) is 0 Å². The van der Waals surface area contributed by atoms with E-state index >= 15 is 0 Å². The number of likely N-dealkylation sites (N-methyl/N-ethyl adjacent to an activating group) is 1. The van der Waals surface area contributed by atoms with Crippen molar-refractivity contribution in [2.75, 3.05) is 19.3 Å². The molecule has 0 aromatic heterocycles. The van der Waals surface area contributed by atoms with Crippen LogP contribution in [0.5, 0.6) is 0 Å². The third-order valence-corrected chi connectivity index (χ3v) is 6.03. The van der Waals surface area contributed by atoms with Gasteiger partial charge in [-0.25, -0.2) is 8.42 Å². The Bertz CT molecular complexity index is 483. The molecule has 5 heteroatoms. The molecule has 0 radical (unpaired) electrons. The standard InChI is InChI=1S/C14H22BrNO2S/c1-11(2)19(17,18)9-8-13(10-16-3)12-4-6-14(15)7-5-12/h4-7,11,13,16H,8-10H2,1-3H3. The molecule has 0 amide bonds. The minimum atomic E-state index is -2.96. The smallest absolute Gasteiger partial charge is 0.152 e. The summed E-state index contributed by atoms with van der Waals surface area (Å²) < 4.78 is 24.8. The Balaban J connectivity index is 2.76. The Morgan fingerprint density at radius 1 is 1.21 bits per heavy atom. The normalized spacial score (nSPS) is 13.7. The fraction of sp³-hybridized carbons (Fsp3) is 0.571. The third-order valence-electron chi connectivity index (χ3n) is 3.26. The van der Waals surface area contributed by atoms with Crippen LogP contribution < -0.4 is 5.32 Å². The molecule has 1 unspecified atom stereocenters. The summed E-state index contributed by atoms with van der Waals surface area (Å²) in [7, 11) is -1.07. The Hall–Kier alpha value is -0.390. The van der Waals surface area contributed by atoms with Gasteiger partial charge in [0.2, 0.25) is 0 Å². The van der Waals surface area contributed by atoms with E-state index in [1.54, 1.807) is 13.8 Å². The van der Waals surface area contributed by atoms with E-state index < -0.39 is 9.84 Å². The van der Waals surface area contributed by atoms with Crippen molar-refractivity contribution in [2.45, 2.75) is 31.4 Å². The second-order valence-corrected chi connectivity index (χ2v) is 8.60. The van der Waals surface area contributed by atoms with Gasteiger partial charge < -0.3 is 5.32 Å². The van der Waals surface area contributed by atoms with E-state index in [1.165, 1.54) is 5.56 Å². The fourth-order valence-electron chi connectivity index (χ4n) is 1.91. The number of halogens is 1. The van der Waals surface area contributed by atoms with E-state index in [-0.39, 0.29) is 16.9 Å². The Kier molecular flexibility index (Phi) is 6.50. The van der Waals surface area contributed by atoms with E-state index in [1.807, 2.05) is 31.3 Å². The first-order valence-electron chi connectivity index (χ1n) is 6.48. The van der Waals surface area contributed by atoms with Gasteiger partial charge in [0.15, 0.2) is 9.84 Å². The summed E-state index contributed by atoms with van der Waals surface area (Å²) in [5.41, 5.74) is 1.18. The third kappa shape index (κ3) is 5.24. The fourth-order valence-corrected chi connectivity index (χ4v) is 3.26. The molecule has 1 rings (SSSR count). The van der Waals surface area contributed by atoms with Crippen molar-refractivity contribution in [3.8, 4) is 0 Å². The highest BCUT2D eigenvalue weighted by Gasteiger charge is 2.19. The van der Waals surface area contributed by atoms with Gasteiger partial charge in [-0.1, -0.05) is 28.1 Å². The molecule has 0 fully saturated rings. The summed E-state index contributed by atoms with van der Waals surface area (Å²) in [6.07, 6.45) is 0.656. The Labute approximate surface area is 124 Å². The maximum absolute atomic E-state index is 11.9. The first kappa shape index (κ1) is 16.7. The first-order valence-corrected chi connectivity index (χ1v) is 8.99. The van der Waals surface area contributed by atoms with Crippen LogP contribution in [0.25, 0.3) is 0 Å². The van der Waals surface area contributed by atoms with Gasteiger partial charge in [-0.3, -0.25) is 0 Å². The molecule has 1 N–H and O–H groups in total. The quantitative estimate of drug-likeness (QED) is 0.824. The second-order valence-electron chi connectivity index (χ2n) is 5.01. The van der Waals surface area contributed by atoms with Crippen LogP contribution in [0.4, 0.5) is 0 Å². The lowest BCUT2D eigenvalue weighted by Gasteiger charge is -2.18. The summed E-state index contributed by atoms with van der Waals surface area (Å²) in [6, 6.07) is 8.09. The molecule has 0 aliphatic heterocycles. The van der Waals surface area contributed by atoms with Gasteiger partial charge in [0.25, 0.3) is 0 Å². The van der Waals surface area contributed by atoms with Crippen LogP contribution in [0.15, 0.2) is 28.7 Å². The summed E-state index contributed by atoms with van der Waals surface area (Å²) in [5.74, 6) is 0.471. The van der Waals surface area contributed by atoms with Crippen molar-refractivity contribution in [3.63, 3.8) is 0 Å². The molecular weight excluding hydrogens is 326 g/mol. The van der Waals surface area contributed by atoms with E-state index in [0.29, 0.717) is 6.42 Å². The molecule has 1 aromatic carbocycles. The lowest BCUT2D eigenvalue weighted by Crippen LogP contribution is -2.23. The zero-order valence-corrected chi connectivity index (χ0v) is 14.1. The molecule has 108 valence electrons. The van der Waals surface area contributed by atoms with E-state index in [0.717, 1.165) is 11.0 Å². The van der Waals surface area contributed by atoms with Crippen LogP contribution in [-0.2, 0) is 9.84 Å². The average Bonchev–Trinajstić information content (AvgIpc) is 2.35. The average molecular weight is 348 g/mol. The highest BCUT2D eigenvalue weighted by Crippen LogP contribution is 2.22. The van der Waals surface area contributed by atoms with E-state index in [4.69, 9.17) is 0 Å². The maximum Gasteiger partial charge on any atom is 0.152 e. The van der Waals surface area contributed by atoms with Crippen LogP contribution in [0.3, 0.4) is 0 Å². The van der Waals surface area contributed by atoms with Gasteiger partial charge >= 0.3 is 0 Å². The second kappa shape index (κ2) is 7.41. The number of hydrogen-bond acceptors (Lipinski definition) is 3. The van der Waals surface area contributed by atoms with Gasteiger partial charge in [-0.15, -0.1) is 0 Å². The molecule has 0 aliphatic rings. The molecule has 0 saturated heterocycles. The lowest BCUT2D eigenvalue weighted by molar-refractivity contribution is 0.567. The predicted molar refractivity (Wildman–Crippen MR) is 84.3 cm³/mol. The molecule has 0 bridgehead atoms. The van der Waals surface area contributed by atoms with Crippen LogP contribution >= 0.6 is 15.9 Å². The Morgan fingerprint density at radius 2 is 1.79 bits per heavy atom. The van der Waals surface area contributed by atoms with Crippen LogP contribution in [-0.4, -0.2) is 33.0 Å². The van der Waals surface area contributed by atoms with Crippen LogP contribution in [0.2, 0.25) is 0 Å². The van der Waals surface area contributed by atoms with Crippen molar-refractivity contribution in [3.05, 3.63) is 34.3 Å². The van der Waals surface area contributed by atoms with Crippen molar-refractivity contribution in [2.24, 2.45) is 0 Å². The summed E-state index contributed by atoms with van der Waals surface area (Å²) >= 11 is 3.41. The van der Waals surface area contributed by atoms with Crippen molar-refractivity contribution in [1.29, 1.82) is 0 Å². The van der Waals surface area contributed by atoms with Crippen LogP contribution in [0.1, 0.15) is 31.7 Å². The predicted octanol–water partition coefficient (Wildman–Crippen LogP) is 2.97. The van der Waals surface area contributed by atoms with Gasteiger partial charge in [0.05, 0.1) is 11.0 Å². The van der Waals surface area contributed by atoms with Gasteiger partial charge in [0, 0.05) is 11.0 Å². The highest BCUT2D eigenvalue weighted by atomic mass is 79.9. The lowest BCUT2D eigenvalue weighted by atomic mass is 9.96. The first-order chi connectivity index (χ1) is 8.86. The molecule has 1 atom stereocenters. The SMILES string of the molecule is CNCC(CCS(=O)(=O)C(C)C)c1ccc(Br)cc1. The van der Waals surface area contributed by atoms with Crippen molar-refractivity contribution < 1.29 is 8.42 Å². The van der Waals surface area contributed by atoms with Gasteiger partial charge in [-0.05, 0) is 50.9 Å². The topological polar surface area (TPSA) is 46.2 Å². The molecule has 1 aromatic rings. The molecule has 0 heterocycles. The minimum absolute atomic E-state index is 0.228. The zero-order valence-electron chi connectivity index (χ0n) is 11.7. The van der Waals surface area contributed by atoms with E-state index in [2.05, 4.69) is 21.2 Å². The zero-order chi connectivity index (χ0) is 14.5. The maximum atomic E-state index is 11.9. The van der Waals surface area contributed by atoms with E-state index in [9.17, 15) is 8.42 Å². The van der Waals surface area contributed by atoms with Gasteiger partial charge in [-0.2, -0.15) is 0 Å². The number of nitrogens with one attached hydrogen (secondary N) is 1. The summed E-state index contributed by atoms with van der Waals surface area (Å²) in [5, 5.41) is 2.84. The number of sulfone groups is 1. The highest BCUT2D eigenvalue weighted by molar-refractivity contribution is 9.10. The molecule has 0 saturated carbocycles. The molecule has 19 heavy (non-hydrogen) atoms. The molecule has 0 spiro atoms. The molecular formula is C14H22BrNO2S. The molecule has 0 aliphatic carbocycles. The number of benzene rings is 1. The largest absolute Gasteiger partial charge is 0.319 e. The Morgan fingerprint density at radius 3 is 2.26 bits per heavy atom. The summed E-state index contributed by atoms with van der Waals surface area (Å²) in [4.78, 5) is 0. The number of hydrogen-bond donors (Lipinski definition) is 1. The monoisotopic (exact) mass is 347 g/mol. The van der Waals surface area contributed by atoms with Crippen molar-refractivity contribution in [1.82, 2.24) is 5.32 Å². The number of rotatable bonds is 7. The van der Waals surface area contributed by atoms with Crippen molar-refractivity contribution >= 4 is 25.8 Å². The van der Waals surface area contributed by atoms with Crippen LogP contribution in [0, 0.1) is 0 Å².